The summed E-state index contributed by atoms with van der Waals surface area (Å²) in [6, 6.07) is 0. The van der Waals surface area contributed by atoms with E-state index < -0.39 is 10.0 Å². The zero-order valence-electron chi connectivity index (χ0n) is 11.2. The van der Waals surface area contributed by atoms with Crippen LogP contribution in [-0.2, 0) is 19.6 Å². The Morgan fingerprint density at radius 2 is 1.89 bits per heavy atom. The lowest BCUT2D eigenvalue weighted by Gasteiger charge is -2.32. The van der Waals surface area contributed by atoms with E-state index in [1.807, 2.05) is 6.92 Å². The van der Waals surface area contributed by atoms with E-state index in [-0.39, 0.29) is 18.2 Å². The van der Waals surface area contributed by atoms with Gasteiger partial charge in [0, 0.05) is 26.2 Å². The fourth-order valence-electron chi connectivity index (χ4n) is 1.77. The van der Waals surface area contributed by atoms with E-state index >= 15 is 0 Å². The molecule has 1 saturated heterocycles. The van der Waals surface area contributed by atoms with Gasteiger partial charge in [0.2, 0.25) is 22.3 Å². The summed E-state index contributed by atoms with van der Waals surface area (Å²) in [5.41, 5.74) is 0. The number of nitrogens with one attached hydrogen (secondary N) is 1. The molecule has 0 saturated carbocycles. The Morgan fingerprint density at radius 1 is 1.26 bits per heavy atom. The van der Waals surface area contributed by atoms with Crippen molar-refractivity contribution in [1.82, 2.24) is 14.5 Å². The third-order valence-electron chi connectivity index (χ3n) is 3.03. The molecular weight excluding hydrogens is 270 g/mol. The molecule has 0 atom stereocenters. The van der Waals surface area contributed by atoms with Crippen molar-refractivity contribution in [1.29, 1.82) is 0 Å². The van der Waals surface area contributed by atoms with Gasteiger partial charge in [0.1, 0.15) is 0 Å². The van der Waals surface area contributed by atoms with E-state index in [4.69, 9.17) is 0 Å². The molecule has 1 aliphatic heterocycles. The first-order valence-corrected chi connectivity index (χ1v) is 8.08. The Kier molecular flexibility index (Phi) is 6.23. The molecule has 8 heteroatoms. The number of carbonyl (C=O) groups is 2. The minimum Gasteiger partial charge on any atom is -0.342 e. The van der Waals surface area contributed by atoms with Crippen LogP contribution in [-0.4, -0.2) is 69.0 Å². The number of carbonyl (C=O) groups excluding carboxylic acids is 2. The van der Waals surface area contributed by atoms with Crippen molar-refractivity contribution in [2.24, 2.45) is 0 Å². The van der Waals surface area contributed by atoms with Gasteiger partial charge in [-0.2, -0.15) is 0 Å². The van der Waals surface area contributed by atoms with Gasteiger partial charge in [-0.3, -0.25) is 9.59 Å². The van der Waals surface area contributed by atoms with Crippen LogP contribution >= 0.6 is 0 Å². The van der Waals surface area contributed by atoms with Crippen LogP contribution in [0.1, 0.15) is 19.8 Å². The van der Waals surface area contributed by atoms with E-state index in [9.17, 15) is 18.0 Å². The molecule has 0 radical (unpaired) electrons. The molecule has 1 N–H and O–H groups in total. The maximum Gasteiger partial charge on any atom is 0.237 e. The second-order valence-electron chi connectivity index (χ2n) is 4.52. The topological polar surface area (TPSA) is 86.8 Å². The second-order valence-corrected chi connectivity index (χ2v) is 6.44. The van der Waals surface area contributed by atoms with Gasteiger partial charge >= 0.3 is 0 Å². The lowest BCUT2D eigenvalue weighted by molar-refractivity contribution is -0.134. The number of rotatable bonds is 7. The number of piperazine rings is 1. The summed E-state index contributed by atoms with van der Waals surface area (Å²) >= 11 is 0. The molecule has 2 amide bonds. The third kappa shape index (κ3) is 5.56. The molecule has 110 valence electrons. The van der Waals surface area contributed by atoms with Crippen LogP contribution in [0.2, 0.25) is 0 Å². The molecule has 19 heavy (non-hydrogen) atoms. The van der Waals surface area contributed by atoms with Crippen molar-refractivity contribution in [2.75, 3.05) is 38.5 Å². The van der Waals surface area contributed by atoms with Crippen molar-refractivity contribution in [3.05, 3.63) is 0 Å². The highest BCUT2D eigenvalue weighted by Gasteiger charge is 2.21. The number of hydrogen-bond acceptors (Lipinski definition) is 4. The molecule has 0 aromatic heterocycles. The maximum absolute atomic E-state index is 11.8. The van der Waals surface area contributed by atoms with Crippen molar-refractivity contribution in [3.8, 4) is 0 Å². The van der Waals surface area contributed by atoms with Gasteiger partial charge in [0.05, 0.1) is 12.3 Å². The average molecular weight is 291 g/mol. The number of amides is 2. The summed E-state index contributed by atoms with van der Waals surface area (Å²) < 4.78 is 25.4. The summed E-state index contributed by atoms with van der Waals surface area (Å²) in [5.74, 6) is -0.194. The van der Waals surface area contributed by atoms with Crippen molar-refractivity contribution in [2.45, 2.75) is 19.8 Å². The highest BCUT2D eigenvalue weighted by atomic mass is 32.2. The molecule has 1 rings (SSSR count). The van der Waals surface area contributed by atoms with Crippen molar-refractivity contribution in [3.63, 3.8) is 0 Å². The van der Waals surface area contributed by atoms with E-state index in [2.05, 4.69) is 4.72 Å². The zero-order chi connectivity index (χ0) is 14.3. The minimum atomic E-state index is -3.36. The molecular formula is C11H21N3O4S. The summed E-state index contributed by atoms with van der Waals surface area (Å²) in [4.78, 5) is 25.5. The van der Waals surface area contributed by atoms with E-state index in [0.717, 1.165) is 12.8 Å². The van der Waals surface area contributed by atoms with Crippen LogP contribution < -0.4 is 4.72 Å². The van der Waals surface area contributed by atoms with Gasteiger partial charge in [-0.25, -0.2) is 13.1 Å². The van der Waals surface area contributed by atoms with Gasteiger partial charge in [-0.1, -0.05) is 13.3 Å². The van der Waals surface area contributed by atoms with E-state index in [1.165, 1.54) is 0 Å². The lowest BCUT2D eigenvalue weighted by atomic mass is 10.3. The Bertz CT molecular complexity index is 402. The minimum absolute atomic E-state index is 0.0513. The quantitative estimate of drug-likeness (QED) is 0.610. The number of sulfonamides is 1. The fraction of sp³-hybridized carbons (Fsp3) is 0.818. The predicted molar refractivity (Wildman–Crippen MR) is 70.9 cm³/mol. The average Bonchev–Trinajstić information content (AvgIpc) is 2.43. The van der Waals surface area contributed by atoms with Crippen molar-refractivity contribution >= 4 is 22.3 Å². The molecule has 1 aliphatic rings. The van der Waals surface area contributed by atoms with Gasteiger partial charge < -0.3 is 9.80 Å². The van der Waals surface area contributed by atoms with Crippen LogP contribution in [0.5, 0.6) is 0 Å². The normalized spacial score (nSPS) is 16.5. The molecule has 0 spiro atoms. The maximum atomic E-state index is 11.8. The summed E-state index contributed by atoms with van der Waals surface area (Å²) in [5, 5.41) is 0. The second kappa shape index (κ2) is 7.44. The lowest BCUT2D eigenvalue weighted by Crippen LogP contribution is -2.50. The Hall–Kier alpha value is -1.15. The summed E-state index contributed by atoms with van der Waals surface area (Å²) in [6.45, 7) is 3.61. The van der Waals surface area contributed by atoms with E-state index in [0.29, 0.717) is 32.6 Å². The standard InChI is InChI=1S/C11H21N3O4S/c1-2-3-8-19(17,18)12-9-11(16)14-6-4-13(10-15)5-7-14/h10,12H,2-9H2,1H3. The molecule has 7 nitrogen and oxygen atoms in total. The summed E-state index contributed by atoms with van der Waals surface area (Å²) in [7, 11) is -3.36. The van der Waals surface area contributed by atoms with Crippen molar-refractivity contribution < 1.29 is 18.0 Å². The number of nitrogens with zero attached hydrogens (tertiary/aromatic N) is 2. The highest BCUT2D eigenvalue weighted by molar-refractivity contribution is 7.89. The predicted octanol–water partition coefficient (Wildman–Crippen LogP) is -0.993. The van der Waals surface area contributed by atoms with Crippen LogP contribution in [0, 0.1) is 0 Å². The number of hydrogen-bond donors (Lipinski definition) is 1. The molecule has 1 fully saturated rings. The SMILES string of the molecule is CCCCS(=O)(=O)NCC(=O)N1CCN(C=O)CC1. The first-order chi connectivity index (χ1) is 8.98. The third-order valence-corrected chi connectivity index (χ3v) is 4.44. The number of unbranched alkanes of at least 4 members (excludes halogenated alkanes) is 1. The molecule has 0 bridgehead atoms. The smallest absolute Gasteiger partial charge is 0.237 e. The molecule has 0 aliphatic carbocycles. The van der Waals surface area contributed by atoms with Crippen LogP contribution in [0.4, 0.5) is 0 Å². The van der Waals surface area contributed by atoms with Gasteiger partial charge in [0.15, 0.2) is 0 Å². The van der Waals surface area contributed by atoms with E-state index in [1.54, 1.807) is 9.80 Å². The highest BCUT2D eigenvalue weighted by Crippen LogP contribution is 2.00. The van der Waals surface area contributed by atoms with Crippen LogP contribution in [0.15, 0.2) is 0 Å². The Morgan fingerprint density at radius 3 is 2.42 bits per heavy atom. The molecule has 0 aromatic carbocycles. The monoisotopic (exact) mass is 291 g/mol. The largest absolute Gasteiger partial charge is 0.342 e. The fourth-order valence-corrected chi connectivity index (χ4v) is 2.92. The van der Waals surface area contributed by atoms with Gasteiger partial charge in [-0.05, 0) is 6.42 Å². The molecule has 1 heterocycles. The first-order valence-electron chi connectivity index (χ1n) is 6.43. The molecule has 0 aromatic rings. The van der Waals surface area contributed by atoms with Crippen LogP contribution in [0.25, 0.3) is 0 Å². The van der Waals surface area contributed by atoms with Crippen LogP contribution in [0.3, 0.4) is 0 Å². The molecule has 0 unspecified atom stereocenters. The van der Waals surface area contributed by atoms with Gasteiger partial charge in [0.25, 0.3) is 0 Å². The summed E-state index contributed by atoms with van der Waals surface area (Å²) in [6.07, 6.45) is 2.14. The Balaban J connectivity index is 2.34. The van der Waals surface area contributed by atoms with Gasteiger partial charge in [-0.15, -0.1) is 0 Å². The zero-order valence-corrected chi connectivity index (χ0v) is 12.0. The Labute approximate surface area is 114 Å². The first kappa shape index (κ1) is 15.9.